The second kappa shape index (κ2) is 6.56. The molecule has 0 fully saturated rings. The number of pyridine rings is 1. The Labute approximate surface area is 112 Å². The van der Waals surface area contributed by atoms with Gasteiger partial charge in [0, 0.05) is 26.8 Å². The van der Waals surface area contributed by atoms with Gasteiger partial charge in [-0.2, -0.15) is 0 Å². The molecule has 0 saturated carbocycles. The summed E-state index contributed by atoms with van der Waals surface area (Å²) in [5, 5.41) is 9.78. The van der Waals surface area contributed by atoms with Crippen LogP contribution in [-0.4, -0.2) is 54.2 Å². The maximum absolute atomic E-state index is 11.8. The fraction of sp³-hybridized carbons (Fsp3) is 0.500. The molecule has 0 aliphatic carbocycles. The Hall–Kier alpha value is -1.33. The summed E-state index contributed by atoms with van der Waals surface area (Å²) < 4.78 is 0. The van der Waals surface area contributed by atoms with Crippen LogP contribution in [0.25, 0.3) is 0 Å². The Balaban J connectivity index is 2.56. The van der Waals surface area contributed by atoms with Crippen LogP contribution in [0.15, 0.2) is 18.3 Å². The minimum absolute atomic E-state index is 0.0739. The van der Waals surface area contributed by atoms with Gasteiger partial charge in [0.2, 0.25) is 5.91 Å². The van der Waals surface area contributed by atoms with E-state index in [2.05, 4.69) is 4.98 Å². The summed E-state index contributed by atoms with van der Waals surface area (Å²) in [4.78, 5) is 19.2. The van der Waals surface area contributed by atoms with Crippen LogP contribution in [0.2, 0.25) is 5.02 Å². The first kappa shape index (κ1) is 14.7. The van der Waals surface area contributed by atoms with E-state index in [4.69, 9.17) is 11.6 Å². The van der Waals surface area contributed by atoms with Gasteiger partial charge in [-0.05, 0) is 19.1 Å². The SMILES string of the molecule is CC(O)CN(C)C(=O)CN(C)c1ccc(Cl)cn1. The number of amides is 1. The number of hydrogen-bond donors (Lipinski definition) is 1. The summed E-state index contributed by atoms with van der Waals surface area (Å²) in [5.74, 6) is 0.605. The maximum Gasteiger partial charge on any atom is 0.241 e. The molecule has 6 heteroatoms. The van der Waals surface area contributed by atoms with Crippen LogP contribution in [-0.2, 0) is 4.79 Å². The first-order valence-electron chi connectivity index (χ1n) is 5.65. The van der Waals surface area contributed by atoms with Crippen LogP contribution in [0.5, 0.6) is 0 Å². The normalized spacial score (nSPS) is 12.1. The van der Waals surface area contributed by atoms with E-state index in [1.807, 2.05) is 0 Å². The van der Waals surface area contributed by atoms with E-state index in [0.717, 1.165) is 0 Å². The van der Waals surface area contributed by atoms with Gasteiger partial charge in [0.1, 0.15) is 5.82 Å². The van der Waals surface area contributed by atoms with Crippen LogP contribution in [0, 0.1) is 0 Å². The van der Waals surface area contributed by atoms with E-state index in [1.165, 1.54) is 11.1 Å². The third-order valence-corrected chi connectivity index (χ3v) is 2.66. The van der Waals surface area contributed by atoms with Gasteiger partial charge in [-0.3, -0.25) is 4.79 Å². The second-order valence-corrected chi connectivity index (χ2v) is 4.75. The van der Waals surface area contributed by atoms with Crippen molar-refractivity contribution in [2.45, 2.75) is 13.0 Å². The van der Waals surface area contributed by atoms with Gasteiger partial charge in [-0.25, -0.2) is 4.98 Å². The summed E-state index contributed by atoms with van der Waals surface area (Å²) in [6, 6.07) is 3.48. The first-order valence-corrected chi connectivity index (χ1v) is 6.02. The van der Waals surface area contributed by atoms with Crippen LogP contribution in [0.4, 0.5) is 5.82 Å². The number of likely N-dealkylation sites (N-methyl/N-ethyl adjacent to an activating group) is 2. The molecular weight excluding hydrogens is 254 g/mol. The van der Waals surface area contributed by atoms with Crippen molar-refractivity contribution >= 4 is 23.3 Å². The molecule has 1 rings (SSSR count). The highest BCUT2D eigenvalue weighted by Crippen LogP contribution is 2.12. The molecule has 1 aromatic rings. The number of carbonyl (C=O) groups is 1. The van der Waals surface area contributed by atoms with E-state index < -0.39 is 6.10 Å². The van der Waals surface area contributed by atoms with Crippen molar-refractivity contribution in [3.05, 3.63) is 23.4 Å². The van der Waals surface area contributed by atoms with E-state index >= 15 is 0 Å². The van der Waals surface area contributed by atoms with Gasteiger partial charge >= 0.3 is 0 Å². The summed E-state index contributed by atoms with van der Waals surface area (Å²) in [6.07, 6.45) is 1.01. The molecule has 18 heavy (non-hydrogen) atoms. The predicted molar refractivity (Wildman–Crippen MR) is 71.8 cm³/mol. The molecule has 0 saturated heterocycles. The smallest absolute Gasteiger partial charge is 0.241 e. The zero-order chi connectivity index (χ0) is 13.7. The van der Waals surface area contributed by atoms with E-state index in [9.17, 15) is 9.90 Å². The third kappa shape index (κ3) is 4.50. The van der Waals surface area contributed by atoms with Crippen molar-refractivity contribution in [3.63, 3.8) is 0 Å². The Morgan fingerprint density at radius 1 is 1.50 bits per heavy atom. The zero-order valence-corrected chi connectivity index (χ0v) is 11.6. The summed E-state index contributed by atoms with van der Waals surface area (Å²) in [7, 11) is 3.45. The van der Waals surface area contributed by atoms with Gasteiger partial charge in [0.05, 0.1) is 17.7 Å². The largest absolute Gasteiger partial charge is 0.392 e. The summed E-state index contributed by atoms with van der Waals surface area (Å²) in [5.41, 5.74) is 0. The Kier molecular flexibility index (Phi) is 5.37. The molecule has 1 atom stereocenters. The van der Waals surface area contributed by atoms with E-state index in [-0.39, 0.29) is 12.5 Å². The minimum Gasteiger partial charge on any atom is -0.392 e. The maximum atomic E-state index is 11.8. The molecule has 100 valence electrons. The van der Waals surface area contributed by atoms with E-state index in [1.54, 1.807) is 38.1 Å². The van der Waals surface area contributed by atoms with Crippen molar-refractivity contribution in [1.29, 1.82) is 0 Å². The molecule has 1 amide bonds. The molecule has 0 aliphatic heterocycles. The molecule has 1 heterocycles. The third-order valence-electron chi connectivity index (χ3n) is 2.44. The highest BCUT2D eigenvalue weighted by atomic mass is 35.5. The first-order chi connectivity index (χ1) is 8.40. The number of aromatic nitrogens is 1. The van der Waals surface area contributed by atoms with Crippen LogP contribution in [0.3, 0.4) is 0 Å². The highest BCUT2D eigenvalue weighted by Gasteiger charge is 2.14. The van der Waals surface area contributed by atoms with Crippen molar-refractivity contribution in [1.82, 2.24) is 9.88 Å². The van der Waals surface area contributed by atoms with Gasteiger partial charge in [-0.15, -0.1) is 0 Å². The average Bonchev–Trinajstić information content (AvgIpc) is 2.28. The average molecular weight is 272 g/mol. The van der Waals surface area contributed by atoms with Crippen molar-refractivity contribution in [3.8, 4) is 0 Å². The molecule has 0 bridgehead atoms. The quantitative estimate of drug-likeness (QED) is 0.868. The number of rotatable bonds is 5. The molecule has 1 aromatic heterocycles. The van der Waals surface area contributed by atoms with Crippen LogP contribution < -0.4 is 4.90 Å². The number of nitrogens with zero attached hydrogens (tertiary/aromatic N) is 3. The number of aliphatic hydroxyl groups excluding tert-OH is 1. The standard InChI is InChI=1S/C12H18ClN3O2/c1-9(17)7-16(3)12(18)8-15(2)11-5-4-10(13)6-14-11/h4-6,9,17H,7-8H2,1-3H3. The monoisotopic (exact) mass is 271 g/mol. The fourth-order valence-corrected chi connectivity index (χ4v) is 1.61. The molecule has 1 N–H and O–H groups in total. The molecule has 5 nitrogen and oxygen atoms in total. The number of anilines is 1. The van der Waals surface area contributed by atoms with Crippen molar-refractivity contribution in [2.24, 2.45) is 0 Å². The lowest BCUT2D eigenvalue weighted by Gasteiger charge is -2.23. The predicted octanol–water partition coefficient (Wildman–Crippen LogP) is 1.01. The lowest BCUT2D eigenvalue weighted by atomic mass is 10.3. The second-order valence-electron chi connectivity index (χ2n) is 4.31. The number of carbonyl (C=O) groups excluding carboxylic acids is 1. The molecular formula is C12H18ClN3O2. The highest BCUT2D eigenvalue weighted by molar-refractivity contribution is 6.30. The fourth-order valence-electron chi connectivity index (χ4n) is 1.50. The molecule has 0 aromatic carbocycles. The molecule has 0 aliphatic rings. The molecule has 1 unspecified atom stereocenters. The zero-order valence-electron chi connectivity index (χ0n) is 10.8. The Morgan fingerprint density at radius 2 is 2.17 bits per heavy atom. The lowest BCUT2D eigenvalue weighted by Crippen LogP contribution is -2.40. The van der Waals surface area contributed by atoms with Gasteiger partial charge in [-0.1, -0.05) is 11.6 Å². The Morgan fingerprint density at radius 3 is 2.67 bits per heavy atom. The van der Waals surface area contributed by atoms with Crippen LogP contribution >= 0.6 is 11.6 Å². The minimum atomic E-state index is -0.530. The van der Waals surface area contributed by atoms with Crippen molar-refractivity contribution < 1.29 is 9.90 Å². The number of aliphatic hydroxyl groups is 1. The van der Waals surface area contributed by atoms with E-state index in [0.29, 0.717) is 17.4 Å². The van der Waals surface area contributed by atoms with Gasteiger partial charge < -0.3 is 14.9 Å². The Bertz CT molecular complexity index is 395. The molecule has 0 radical (unpaired) electrons. The summed E-state index contributed by atoms with van der Waals surface area (Å²) >= 11 is 5.75. The van der Waals surface area contributed by atoms with Gasteiger partial charge in [0.25, 0.3) is 0 Å². The lowest BCUT2D eigenvalue weighted by molar-refractivity contribution is -0.129. The van der Waals surface area contributed by atoms with Gasteiger partial charge in [0.15, 0.2) is 0 Å². The molecule has 0 spiro atoms. The number of hydrogen-bond acceptors (Lipinski definition) is 4. The summed E-state index contributed by atoms with van der Waals surface area (Å²) in [6.45, 7) is 2.17. The van der Waals surface area contributed by atoms with Crippen molar-refractivity contribution in [2.75, 3.05) is 32.1 Å². The van der Waals surface area contributed by atoms with Crippen LogP contribution in [0.1, 0.15) is 6.92 Å². The topological polar surface area (TPSA) is 56.7 Å². The number of halogens is 1.